The highest BCUT2D eigenvalue weighted by Crippen LogP contribution is 2.17. The molecule has 0 aliphatic rings. The molecule has 0 aliphatic carbocycles. The van der Waals surface area contributed by atoms with E-state index in [0.29, 0.717) is 12.2 Å². The van der Waals surface area contributed by atoms with Crippen LogP contribution in [-0.2, 0) is 6.42 Å². The molecule has 0 unspecified atom stereocenters. The van der Waals surface area contributed by atoms with Crippen LogP contribution in [0.2, 0.25) is 0 Å². The standard InChI is InChI=1S/C18H20O3/c1-14-13-16(10-11-17(14)18(19)20)21-12-6-5-9-15-7-3-2-4-8-15/h2-4,7-8,10-11,13H,5-6,9,12H2,1H3,(H,19,20). The molecule has 0 bridgehead atoms. The van der Waals surface area contributed by atoms with Crippen LogP contribution >= 0.6 is 0 Å². The van der Waals surface area contributed by atoms with E-state index in [1.165, 1.54) is 5.56 Å². The number of hydrogen-bond donors (Lipinski definition) is 1. The number of aromatic carboxylic acids is 1. The highest BCUT2D eigenvalue weighted by Gasteiger charge is 2.07. The van der Waals surface area contributed by atoms with E-state index in [1.54, 1.807) is 25.1 Å². The summed E-state index contributed by atoms with van der Waals surface area (Å²) in [5.41, 5.74) is 2.40. The van der Waals surface area contributed by atoms with Gasteiger partial charge in [0, 0.05) is 0 Å². The number of carboxylic acid groups (broad SMARTS) is 1. The molecular weight excluding hydrogens is 264 g/mol. The maximum Gasteiger partial charge on any atom is 0.335 e. The fraction of sp³-hybridized carbons (Fsp3) is 0.278. The first-order valence-corrected chi connectivity index (χ1v) is 7.17. The number of carboxylic acids is 1. The van der Waals surface area contributed by atoms with Crippen LogP contribution in [0, 0.1) is 6.92 Å². The molecule has 3 nitrogen and oxygen atoms in total. The largest absolute Gasteiger partial charge is 0.494 e. The van der Waals surface area contributed by atoms with Gasteiger partial charge in [0.1, 0.15) is 5.75 Å². The molecule has 0 aromatic heterocycles. The monoisotopic (exact) mass is 284 g/mol. The average Bonchev–Trinajstić information content (AvgIpc) is 2.47. The predicted molar refractivity (Wildman–Crippen MR) is 83.0 cm³/mol. The maximum absolute atomic E-state index is 10.9. The van der Waals surface area contributed by atoms with E-state index in [1.807, 2.05) is 6.07 Å². The molecule has 0 spiro atoms. The normalized spacial score (nSPS) is 10.3. The SMILES string of the molecule is Cc1cc(OCCCCc2ccccc2)ccc1C(=O)O. The second kappa shape index (κ2) is 7.48. The van der Waals surface area contributed by atoms with Crippen molar-refractivity contribution in [2.24, 2.45) is 0 Å². The van der Waals surface area contributed by atoms with Crippen LogP contribution < -0.4 is 4.74 Å². The van der Waals surface area contributed by atoms with Crippen LogP contribution in [0.5, 0.6) is 5.75 Å². The summed E-state index contributed by atoms with van der Waals surface area (Å²) < 4.78 is 5.67. The van der Waals surface area contributed by atoms with Crippen molar-refractivity contribution < 1.29 is 14.6 Å². The number of unbranched alkanes of at least 4 members (excludes halogenated alkanes) is 1. The summed E-state index contributed by atoms with van der Waals surface area (Å²) in [5.74, 6) is -0.167. The van der Waals surface area contributed by atoms with Crippen molar-refractivity contribution in [2.75, 3.05) is 6.61 Å². The lowest BCUT2D eigenvalue weighted by molar-refractivity contribution is 0.0696. The molecule has 2 rings (SSSR count). The Hall–Kier alpha value is -2.29. The highest BCUT2D eigenvalue weighted by atomic mass is 16.5. The molecule has 2 aromatic rings. The van der Waals surface area contributed by atoms with Gasteiger partial charge in [0.2, 0.25) is 0 Å². The number of aryl methyl sites for hydroxylation is 2. The lowest BCUT2D eigenvalue weighted by atomic mass is 10.1. The number of rotatable bonds is 7. The fourth-order valence-electron chi connectivity index (χ4n) is 2.23. The Morgan fingerprint density at radius 3 is 2.52 bits per heavy atom. The van der Waals surface area contributed by atoms with E-state index >= 15 is 0 Å². The zero-order valence-electron chi connectivity index (χ0n) is 12.2. The molecule has 0 aliphatic heterocycles. The van der Waals surface area contributed by atoms with Crippen molar-refractivity contribution in [3.8, 4) is 5.75 Å². The van der Waals surface area contributed by atoms with Crippen LogP contribution in [0.15, 0.2) is 48.5 Å². The molecule has 3 heteroatoms. The Labute approximate surface area is 125 Å². The molecule has 0 heterocycles. The second-order valence-electron chi connectivity index (χ2n) is 5.07. The Balaban J connectivity index is 1.74. The lowest BCUT2D eigenvalue weighted by Gasteiger charge is -2.08. The summed E-state index contributed by atoms with van der Waals surface area (Å²) in [6, 6.07) is 15.5. The minimum atomic E-state index is -0.901. The predicted octanol–water partition coefficient (Wildman–Crippen LogP) is 4.09. The molecule has 0 radical (unpaired) electrons. The number of benzene rings is 2. The van der Waals surface area contributed by atoms with Gasteiger partial charge >= 0.3 is 5.97 Å². The molecule has 2 aromatic carbocycles. The minimum Gasteiger partial charge on any atom is -0.494 e. The summed E-state index contributed by atoms with van der Waals surface area (Å²) in [6.07, 6.45) is 3.12. The molecule has 0 amide bonds. The zero-order chi connectivity index (χ0) is 15.1. The van der Waals surface area contributed by atoms with Gasteiger partial charge in [-0.15, -0.1) is 0 Å². The van der Waals surface area contributed by atoms with Gasteiger partial charge in [-0.3, -0.25) is 0 Å². The van der Waals surface area contributed by atoms with Gasteiger partial charge in [-0.1, -0.05) is 30.3 Å². The van der Waals surface area contributed by atoms with E-state index in [9.17, 15) is 4.79 Å². The molecule has 0 atom stereocenters. The van der Waals surface area contributed by atoms with E-state index < -0.39 is 5.97 Å². The summed E-state index contributed by atoms with van der Waals surface area (Å²) in [7, 11) is 0. The first kappa shape index (κ1) is 15.1. The topological polar surface area (TPSA) is 46.5 Å². The molecular formula is C18H20O3. The Kier molecular flexibility index (Phi) is 5.38. The molecule has 0 saturated carbocycles. The van der Waals surface area contributed by atoms with E-state index in [4.69, 9.17) is 9.84 Å². The molecule has 0 saturated heterocycles. The van der Waals surface area contributed by atoms with Gasteiger partial charge in [-0.25, -0.2) is 4.79 Å². The maximum atomic E-state index is 10.9. The molecule has 110 valence electrons. The van der Waals surface area contributed by atoms with E-state index in [-0.39, 0.29) is 0 Å². The van der Waals surface area contributed by atoms with Crippen molar-refractivity contribution in [1.82, 2.24) is 0 Å². The van der Waals surface area contributed by atoms with Crippen LogP contribution in [0.1, 0.15) is 34.3 Å². The van der Waals surface area contributed by atoms with Crippen LogP contribution in [-0.4, -0.2) is 17.7 Å². The van der Waals surface area contributed by atoms with Crippen molar-refractivity contribution in [2.45, 2.75) is 26.2 Å². The summed E-state index contributed by atoms with van der Waals surface area (Å²) in [6.45, 7) is 2.43. The first-order valence-electron chi connectivity index (χ1n) is 7.17. The van der Waals surface area contributed by atoms with Crippen LogP contribution in [0.3, 0.4) is 0 Å². The second-order valence-corrected chi connectivity index (χ2v) is 5.07. The lowest BCUT2D eigenvalue weighted by Crippen LogP contribution is -2.02. The number of carbonyl (C=O) groups is 1. The van der Waals surface area contributed by atoms with E-state index in [0.717, 1.165) is 30.6 Å². The third kappa shape index (κ3) is 4.63. The third-order valence-corrected chi connectivity index (χ3v) is 3.40. The Morgan fingerprint density at radius 1 is 1.10 bits per heavy atom. The molecule has 1 N–H and O–H groups in total. The van der Waals surface area contributed by atoms with Gasteiger partial charge in [-0.05, 0) is 55.5 Å². The number of hydrogen-bond acceptors (Lipinski definition) is 2. The van der Waals surface area contributed by atoms with Crippen molar-refractivity contribution in [3.05, 3.63) is 65.2 Å². The smallest absolute Gasteiger partial charge is 0.335 e. The van der Waals surface area contributed by atoms with Crippen molar-refractivity contribution in [1.29, 1.82) is 0 Å². The fourth-order valence-corrected chi connectivity index (χ4v) is 2.23. The quantitative estimate of drug-likeness (QED) is 0.779. The zero-order valence-corrected chi connectivity index (χ0v) is 12.2. The van der Waals surface area contributed by atoms with Gasteiger partial charge in [-0.2, -0.15) is 0 Å². The van der Waals surface area contributed by atoms with Gasteiger partial charge in [0.05, 0.1) is 12.2 Å². The third-order valence-electron chi connectivity index (χ3n) is 3.40. The minimum absolute atomic E-state index is 0.325. The van der Waals surface area contributed by atoms with Gasteiger partial charge in [0.25, 0.3) is 0 Å². The summed E-state index contributed by atoms with van der Waals surface area (Å²) in [4.78, 5) is 10.9. The molecule has 21 heavy (non-hydrogen) atoms. The Morgan fingerprint density at radius 2 is 1.86 bits per heavy atom. The number of ether oxygens (including phenoxy) is 1. The van der Waals surface area contributed by atoms with Gasteiger partial charge < -0.3 is 9.84 Å². The van der Waals surface area contributed by atoms with Crippen molar-refractivity contribution >= 4 is 5.97 Å². The van der Waals surface area contributed by atoms with Crippen LogP contribution in [0.4, 0.5) is 0 Å². The van der Waals surface area contributed by atoms with Gasteiger partial charge in [0.15, 0.2) is 0 Å². The van der Waals surface area contributed by atoms with E-state index in [2.05, 4.69) is 24.3 Å². The highest BCUT2D eigenvalue weighted by molar-refractivity contribution is 5.89. The average molecular weight is 284 g/mol. The summed E-state index contributed by atoms with van der Waals surface area (Å²) in [5, 5.41) is 8.97. The van der Waals surface area contributed by atoms with Crippen molar-refractivity contribution in [3.63, 3.8) is 0 Å². The Bertz CT molecular complexity index is 591. The first-order chi connectivity index (χ1) is 10.2. The summed E-state index contributed by atoms with van der Waals surface area (Å²) >= 11 is 0. The van der Waals surface area contributed by atoms with Crippen LogP contribution in [0.25, 0.3) is 0 Å². The molecule has 0 fully saturated rings.